The number of nitrogens with zero attached hydrogens (tertiary/aromatic N) is 2. The summed E-state index contributed by atoms with van der Waals surface area (Å²) < 4.78 is 10.5. The zero-order valence-electron chi connectivity index (χ0n) is 32.7. The van der Waals surface area contributed by atoms with Crippen molar-refractivity contribution >= 4 is 70.7 Å². The van der Waals surface area contributed by atoms with Crippen LogP contribution in [0.1, 0.15) is 82.9 Å². The number of nitrogens with one attached hydrogen (secondary N) is 3. The number of benzene rings is 2. The standard InChI is InChI=1S/C40H50Cl2N6O10/c1-4-11-29(33(50)37(53)44-19-31(49)58-34(35(43)51)26-14-9-6-10-15-26)45-36(52)30-21-47(20-24-16-17-27(41)28(42)18-24)40(56)48(30)38(54)32(25-12-7-5-8-13-25)46-39(55)57-22-23(2)3/h6,9-10,14-18,23,25,29-30,32,34H,4-5,7-8,11-13,19-22H2,1-3H3,(H2,43,51)(H,44,53)(H,45,52)(H,46,55)/t29?,30?,32?,34-/m0/s1. The van der Waals surface area contributed by atoms with Crippen molar-refractivity contribution in [1.29, 1.82) is 0 Å². The van der Waals surface area contributed by atoms with E-state index < -0.39 is 78.3 Å². The fourth-order valence-electron chi connectivity index (χ4n) is 6.82. The molecule has 1 aliphatic carbocycles. The van der Waals surface area contributed by atoms with Gasteiger partial charge in [0.1, 0.15) is 18.6 Å². The van der Waals surface area contributed by atoms with E-state index in [9.17, 15) is 38.4 Å². The predicted molar refractivity (Wildman–Crippen MR) is 212 cm³/mol. The second-order valence-corrected chi connectivity index (χ2v) is 15.5. The molecule has 18 heteroatoms. The second kappa shape index (κ2) is 21.5. The predicted octanol–water partition coefficient (Wildman–Crippen LogP) is 4.20. The smallest absolute Gasteiger partial charge is 0.407 e. The number of rotatable bonds is 18. The van der Waals surface area contributed by atoms with Gasteiger partial charge in [-0.25, -0.2) is 14.5 Å². The van der Waals surface area contributed by atoms with Crippen LogP contribution in [-0.2, 0) is 44.8 Å². The number of primary amides is 1. The lowest BCUT2D eigenvalue weighted by atomic mass is 9.83. The van der Waals surface area contributed by atoms with Crippen LogP contribution in [0, 0.1) is 11.8 Å². The molecule has 7 amide bonds. The van der Waals surface area contributed by atoms with Crippen molar-refractivity contribution in [2.45, 2.75) is 96.5 Å². The van der Waals surface area contributed by atoms with Gasteiger partial charge >= 0.3 is 18.1 Å². The number of hydrogen-bond acceptors (Lipinski definition) is 10. The average Bonchev–Trinajstić information content (AvgIpc) is 3.53. The van der Waals surface area contributed by atoms with E-state index in [1.165, 1.54) is 17.0 Å². The molecule has 314 valence electrons. The number of halogens is 2. The average molecular weight is 846 g/mol. The summed E-state index contributed by atoms with van der Waals surface area (Å²) in [4.78, 5) is 109. The number of ether oxygens (including phenoxy) is 2. The highest BCUT2D eigenvalue weighted by atomic mass is 35.5. The highest BCUT2D eigenvalue weighted by Gasteiger charge is 2.49. The molecule has 0 radical (unpaired) electrons. The van der Waals surface area contributed by atoms with Crippen LogP contribution in [0.3, 0.4) is 0 Å². The van der Waals surface area contributed by atoms with Gasteiger partial charge in [-0.15, -0.1) is 0 Å². The van der Waals surface area contributed by atoms with E-state index in [2.05, 4.69) is 16.0 Å². The first kappa shape index (κ1) is 45.5. The van der Waals surface area contributed by atoms with Crippen LogP contribution in [-0.4, -0.2) is 95.1 Å². The Labute approximate surface area is 346 Å². The number of carbonyl (C=O) groups is 8. The third-order valence-electron chi connectivity index (χ3n) is 9.72. The van der Waals surface area contributed by atoms with E-state index in [0.717, 1.165) is 24.2 Å². The number of imide groups is 1. The molecule has 2 aromatic carbocycles. The molecular weight excluding hydrogens is 795 g/mol. The molecular formula is C40H50Cl2N6O10. The SMILES string of the molecule is CCCC(NC(=O)C1CN(Cc2ccc(Cl)c(Cl)c2)C(=O)N1C(=O)C(NC(=O)OCC(C)C)C1CCCCC1)C(=O)C(=O)NCC(=O)O[C@H](C(N)=O)c1ccccc1. The molecule has 4 rings (SSSR count). The molecule has 0 bridgehead atoms. The minimum Gasteiger partial charge on any atom is -0.449 e. The topological polar surface area (TPSA) is 224 Å². The van der Waals surface area contributed by atoms with Crippen molar-refractivity contribution in [1.82, 2.24) is 25.8 Å². The van der Waals surface area contributed by atoms with Gasteiger partial charge in [-0.05, 0) is 48.8 Å². The largest absolute Gasteiger partial charge is 0.449 e. The van der Waals surface area contributed by atoms with Gasteiger partial charge in [0.15, 0.2) is 0 Å². The zero-order valence-corrected chi connectivity index (χ0v) is 34.2. The number of alkyl carbamates (subject to hydrolysis) is 1. The number of urea groups is 1. The molecule has 0 aromatic heterocycles. The van der Waals surface area contributed by atoms with Gasteiger partial charge in [-0.1, -0.05) is 106 Å². The molecule has 0 spiro atoms. The first-order valence-corrected chi connectivity index (χ1v) is 20.0. The Morgan fingerprint density at radius 3 is 2.24 bits per heavy atom. The van der Waals surface area contributed by atoms with Crippen LogP contribution in [0.15, 0.2) is 48.5 Å². The molecule has 2 aliphatic rings. The molecule has 2 aromatic rings. The maximum atomic E-state index is 14.5. The van der Waals surface area contributed by atoms with E-state index in [1.54, 1.807) is 43.3 Å². The van der Waals surface area contributed by atoms with E-state index in [1.807, 2.05) is 13.8 Å². The van der Waals surface area contributed by atoms with Gasteiger partial charge in [-0.3, -0.25) is 28.8 Å². The van der Waals surface area contributed by atoms with Gasteiger partial charge in [0.25, 0.3) is 17.7 Å². The van der Waals surface area contributed by atoms with Crippen LogP contribution >= 0.6 is 23.2 Å². The summed E-state index contributed by atoms with van der Waals surface area (Å²) in [5.41, 5.74) is 6.26. The van der Waals surface area contributed by atoms with Crippen molar-refractivity contribution in [2.24, 2.45) is 17.6 Å². The summed E-state index contributed by atoms with van der Waals surface area (Å²) in [5, 5.41) is 7.88. The van der Waals surface area contributed by atoms with Crippen molar-refractivity contribution < 1.29 is 47.8 Å². The molecule has 1 saturated carbocycles. The maximum Gasteiger partial charge on any atom is 0.407 e. The molecule has 58 heavy (non-hydrogen) atoms. The molecule has 16 nitrogen and oxygen atoms in total. The first-order valence-electron chi connectivity index (χ1n) is 19.3. The first-order chi connectivity index (χ1) is 27.6. The summed E-state index contributed by atoms with van der Waals surface area (Å²) in [6.45, 7) is 4.33. The molecule has 3 unspecified atom stereocenters. The highest BCUT2D eigenvalue weighted by molar-refractivity contribution is 6.42. The summed E-state index contributed by atoms with van der Waals surface area (Å²) in [5.74, 6) is -6.42. The molecule has 1 heterocycles. The van der Waals surface area contributed by atoms with Gasteiger partial charge in [0, 0.05) is 12.1 Å². The molecule has 4 atom stereocenters. The zero-order chi connectivity index (χ0) is 42.5. The van der Waals surface area contributed by atoms with Crippen LogP contribution in [0.4, 0.5) is 9.59 Å². The summed E-state index contributed by atoms with van der Waals surface area (Å²) in [6.07, 6.45) is 1.70. The van der Waals surface area contributed by atoms with Gasteiger partial charge in [-0.2, -0.15) is 0 Å². The van der Waals surface area contributed by atoms with Gasteiger partial charge < -0.3 is 36.1 Å². The van der Waals surface area contributed by atoms with Crippen LogP contribution in [0.25, 0.3) is 0 Å². The summed E-state index contributed by atoms with van der Waals surface area (Å²) in [6, 6.07) is 7.75. The van der Waals surface area contributed by atoms with Gasteiger partial charge in [0.05, 0.1) is 29.2 Å². The Hall–Kier alpha value is -5.22. The fraction of sp³-hybridized carbons (Fsp3) is 0.500. The quantitative estimate of drug-likeness (QED) is 0.124. The van der Waals surface area contributed by atoms with E-state index in [-0.39, 0.29) is 48.0 Å². The van der Waals surface area contributed by atoms with E-state index in [0.29, 0.717) is 30.4 Å². The number of ketones is 1. The number of nitrogens with two attached hydrogens (primary N) is 1. The minimum absolute atomic E-state index is 0.0151. The van der Waals surface area contributed by atoms with E-state index in [4.69, 9.17) is 38.4 Å². The summed E-state index contributed by atoms with van der Waals surface area (Å²) >= 11 is 12.3. The van der Waals surface area contributed by atoms with Crippen molar-refractivity contribution in [3.63, 3.8) is 0 Å². The second-order valence-electron chi connectivity index (χ2n) is 14.7. The van der Waals surface area contributed by atoms with Crippen LogP contribution in [0.2, 0.25) is 10.0 Å². The lowest BCUT2D eigenvalue weighted by Crippen LogP contribution is -2.59. The maximum absolute atomic E-state index is 14.5. The summed E-state index contributed by atoms with van der Waals surface area (Å²) in [7, 11) is 0. The Morgan fingerprint density at radius 1 is 0.931 bits per heavy atom. The fourth-order valence-corrected chi connectivity index (χ4v) is 7.14. The number of amides is 7. The van der Waals surface area contributed by atoms with Crippen LogP contribution in [0.5, 0.6) is 0 Å². The van der Waals surface area contributed by atoms with Crippen molar-refractivity contribution in [3.05, 3.63) is 69.7 Å². The monoisotopic (exact) mass is 844 g/mol. The minimum atomic E-state index is -1.49. The lowest BCUT2D eigenvalue weighted by Gasteiger charge is -2.33. The third kappa shape index (κ3) is 12.4. The lowest BCUT2D eigenvalue weighted by molar-refractivity contribution is -0.155. The van der Waals surface area contributed by atoms with Crippen LogP contribution < -0.4 is 21.7 Å². The van der Waals surface area contributed by atoms with Crippen molar-refractivity contribution in [2.75, 3.05) is 19.7 Å². The molecule has 2 fully saturated rings. The molecule has 1 aliphatic heterocycles. The third-order valence-corrected chi connectivity index (χ3v) is 10.5. The van der Waals surface area contributed by atoms with Crippen molar-refractivity contribution in [3.8, 4) is 0 Å². The Balaban J connectivity index is 1.55. The number of Topliss-reactive ketones (excluding diaryl/α,β-unsaturated/α-hetero) is 1. The number of hydrogen-bond donors (Lipinski definition) is 4. The Kier molecular flexibility index (Phi) is 16.9. The Bertz CT molecular complexity index is 1840. The highest BCUT2D eigenvalue weighted by Crippen LogP contribution is 2.31. The molecule has 5 N–H and O–H groups in total. The van der Waals surface area contributed by atoms with E-state index >= 15 is 0 Å². The molecule has 1 saturated heterocycles. The normalized spacial score (nSPS) is 17.2. The van der Waals surface area contributed by atoms with Gasteiger partial charge in [0.2, 0.25) is 17.8 Å². The number of esters is 1. The Morgan fingerprint density at radius 2 is 1.62 bits per heavy atom. The number of carbonyl (C=O) groups excluding carboxylic acids is 8.